The van der Waals surface area contributed by atoms with Gasteiger partial charge in [0.25, 0.3) is 0 Å². The van der Waals surface area contributed by atoms with Crippen LogP contribution in [-0.2, 0) is 6.54 Å². The Labute approximate surface area is 161 Å². The lowest BCUT2D eigenvalue weighted by molar-refractivity contribution is 0.0698. The van der Waals surface area contributed by atoms with Gasteiger partial charge >= 0.3 is 5.97 Å². The standard InChI is InChI=1S/C22H17ClN2O2/c1-14-7-8-17(19(23)9-14)16-10-18(22(26)27)21-20(11-16)24-13-25(21)12-15-5-3-2-4-6-15/h2-11,13H,12H2,1H3,(H,26,27). The summed E-state index contributed by atoms with van der Waals surface area (Å²) >= 11 is 6.39. The number of hydrogen-bond acceptors (Lipinski definition) is 2. The Bertz CT molecular complexity index is 1150. The molecule has 1 N–H and O–H groups in total. The van der Waals surface area contributed by atoms with Gasteiger partial charge in [-0.25, -0.2) is 9.78 Å². The van der Waals surface area contributed by atoms with Gasteiger partial charge in [-0.3, -0.25) is 0 Å². The number of hydrogen-bond donors (Lipinski definition) is 1. The first kappa shape index (κ1) is 17.3. The van der Waals surface area contributed by atoms with E-state index < -0.39 is 5.97 Å². The van der Waals surface area contributed by atoms with Gasteiger partial charge in [0.2, 0.25) is 0 Å². The minimum Gasteiger partial charge on any atom is -0.478 e. The zero-order valence-corrected chi connectivity index (χ0v) is 15.4. The van der Waals surface area contributed by atoms with Crippen LogP contribution >= 0.6 is 11.6 Å². The zero-order chi connectivity index (χ0) is 19.0. The molecule has 0 spiro atoms. The van der Waals surface area contributed by atoms with Crippen LogP contribution in [0.2, 0.25) is 5.02 Å². The lowest BCUT2D eigenvalue weighted by Crippen LogP contribution is -2.04. The van der Waals surface area contributed by atoms with E-state index in [1.807, 2.05) is 66.1 Å². The predicted octanol–water partition coefficient (Wildman–Crippen LogP) is 5.41. The maximum Gasteiger partial charge on any atom is 0.337 e. The highest BCUT2D eigenvalue weighted by Crippen LogP contribution is 2.33. The van der Waals surface area contributed by atoms with Crippen LogP contribution in [0.15, 0.2) is 67.0 Å². The molecule has 4 aromatic rings. The van der Waals surface area contributed by atoms with Gasteiger partial charge in [-0.05, 0) is 41.8 Å². The summed E-state index contributed by atoms with van der Waals surface area (Å²) in [5.74, 6) is -0.986. The number of aryl methyl sites for hydroxylation is 1. The zero-order valence-electron chi connectivity index (χ0n) is 14.7. The molecule has 0 fully saturated rings. The second kappa shape index (κ2) is 6.89. The number of carboxylic acids is 1. The highest BCUT2D eigenvalue weighted by Gasteiger charge is 2.17. The van der Waals surface area contributed by atoms with E-state index in [1.54, 1.807) is 12.4 Å². The average Bonchev–Trinajstić information content (AvgIpc) is 3.04. The van der Waals surface area contributed by atoms with Crippen molar-refractivity contribution in [3.8, 4) is 11.1 Å². The molecule has 0 bridgehead atoms. The van der Waals surface area contributed by atoms with Crippen LogP contribution in [0.25, 0.3) is 22.2 Å². The van der Waals surface area contributed by atoms with E-state index in [0.29, 0.717) is 22.6 Å². The molecule has 4 nitrogen and oxygen atoms in total. The molecule has 0 aliphatic rings. The molecular weight excluding hydrogens is 360 g/mol. The summed E-state index contributed by atoms with van der Waals surface area (Å²) in [6.45, 7) is 2.52. The smallest absolute Gasteiger partial charge is 0.337 e. The number of nitrogens with zero attached hydrogens (tertiary/aromatic N) is 2. The van der Waals surface area contributed by atoms with Crippen LogP contribution in [0.1, 0.15) is 21.5 Å². The third-order valence-corrected chi connectivity index (χ3v) is 4.89. The summed E-state index contributed by atoms with van der Waals surface area (Å²) in [6.07, 6.45) is 1.69. The molecular formula is C22H17ClN2O2. The normalized spacial score (nSPS) is 11.0. The lowest BCUT2D eigenvalue weighted by atomic mass is 10.0. The molecule has 0 aliphatic carbocycles. The summed E-state index contributed by atoms with van der Waals surface area (Å²) in [6, 6.07) is 19.2. The third-order valence-electron chi connectivity index (χ3n) is 4.57. The molecule has 0 amide bonds. The van der Waals surface area contributed by atoms with Crippen molar-refractivity contribution in [3.63, 3.8) is 0 Å². The second-order valence-electron chi connectivity index (χ2n) is 6.54. The number of rotatable bonds is 4. The van der Waals surface area contributed by atoms with Crippen molar-refractivity contribution < 1.29 is 9.90 Å². The van der Waals surface area contributed by atoms with Gasteiger partial charge in [0.1, 0.15) is 0 Å². The van der Waals surface area contributed by atoms with Crippen molar-refractivity contribution in [1.29, 1.82) is 0 Å². The lowest BCUT2D eigenvalue weighted by Gasteiger charge is -2.10. The molecule has 27 heavy (non-hydrogen) atoms. The molecule has 0 saturated heterocycles. The number of aromatic carboxylic acids is 1. The molecule has 0 radical (unpaired) electrons. The van der Waals surface area contributed by atoms with Crippen LogP contribution in [-0.4, -0.2) is 20.6 Å². The molecule has 0 unspecified atom stereocenters. The number of imidazole rings is 1. The van der Waals surface area contributed by atoms with Crippen LogP contribution in [0.3, 0.4) is 0 Å². The molecule has 5 heteroatoms. The first-order valence-electron chi connectivity index (χ1n) is 8.55. The molecule has 4 rings (SSSR count). The quantitative estimate of drug-likeness (QED) is 0.518. The second-order valence-corrected chi connectivity index (χ2v) is 6.95. The topological polar surface area (TPSA) is 55.1 Å². The van der Waals surface area contributed by atoms with E-state index in [-0.39, 0.29) is 5.56 Å². The minimum absolute atomic E-state index is 0.215. The number of halogens is 1. The molecule has 1 aromatic heterocycles. The highest BCUT2D eigenvalue weighted by molar-refractivity contribution is 6.33. The fourth-order valence-electron chi connectivity index (χ4n) is 3.28. The van der Waals surface area contributed by atoms with Gasteiger partial charge < -0.3 is 9.67 Å². The Hall–Kier alpha value is -3.11. The Balaban J connectivity index is 1.88. The van der Waals surface area contributed by atoms with E-state index in [2.05, 4.69) is 4.98 Å². The van der Waals surface area contributed by atoms with Crippen molar-refractivity contribution in [2.24, 2.45) is 0 Å². The van der Waals surface area contributed by atoms with E-state index >= 15 is 0 Å². The molecule has 1 heterocycles. The molecule has 0 atom stereocenters. The number of carbonyl (C=O) groups is 1. The Morgan fingerprint density at radius 1 is 1.11 bits per heavy atom. The van der Waals surface area contributed by atoms with E-state index in [4.69, 9.17) is 11.6 Å². The number of fused-ring (bicyclic) bond motifs is 1. The summed E-state index contributed by atoms with van der Waals surface area (Å²) < 4.78 is 1.87. The van der Waals surface area contributed by atoms with E-state index in [0.717, 1.165) is 22.3 Å². The van der Waals surface area contributed by atoms with E-state index in [1.165, 1.54) is 0 Å². The Kier molecular flexibility index (Phi) is 4.42. The highest BCUT2D eigenvalue weighted by atomic mass is 35.5. The van der Waals surface area contributed by atoms with Gasteiger partial charge in [-0.15, -0.1) is 0 Å². The van der Waals surface area contributed by atoms with Gasteiger partial charge in [-0.1, -0.05) is 54.1 Å². The Morgan fingerprint density at radius 2 is 1.89 bits per heavy atom. The molecule has 0 saturated carbocycles. The van der Waals surface area contributed by atoms with Crippen LogP contribution in [0.4, 0.5) is 0 Å². The largest absolute Gasteiger partial charge is 0.478 e. The van der Waals surface area contributed by atoms with Crippen molar-refractivity contribution in [1.82, 2.24) is 9.55 Å². The summed E-state index contributed by atoms with van der Waals surface area (Å²) in [5.41, 5.74) is 5.14. The van der Waals surface area contributed by atoms with Crippen molar-refractivity contribution >= 4 is 28.6 Å². The number of aromatic nitrogens is 2. The number of carboxylic acid groups (broad SMARTS) is 1. The van der Waals surface area contributed by atoms with Crippen molar-refractivity contribution in [2.45, 2.75) is 13.5 Å². The summed E-state index contributed by atoms with van der Waals surface area (Å²) in [5, 5.41) is 10.4. The summed E-state index contributed by atoms with van der Waals surface area (Å²) in [4.78, 5) is 16.4. The average molecular weight is 377 g/mol. The van der Waals surface area contributed by atoms with E-state index in [9.17, 15) is 9.90 Å². The van der Waals surface area contributed by atoms with Crippen LogP contribution < -0.4 is 0 Å². The van der Waals surface area contributed by atoms with Gasteiger partial charge in [0.05, 0.1) is 22.9 Å². The minimum atomic E-state index is -0.986. The first-order valence-corrected chi connectivity index (χ1v) is 8.93. The van der Waals surface area contributed by atoms with Crippen molar-refractivity contribution in [3.05, 3.63) is 88.7 Å². The number of benzene rings is 3. The van der Waals surface area contributed by atoms with Gasteiger partial charge in [0, 0.05) is 17.1 Å². The first-order chi connectivity index (χ1) is 13.0. The van der Waals surface area contributed by atoms with Crippen LogP contribution in [0.5, 0.6) is 0 Å². The maximum absolute atomic E-state index is 12.0. The van der Waals surface area contributed by atoms with Gasteiger partial charge in [0.15, 0.2) is 0 Å². The van der Waals surface area contributed by atoms with Crippen molar-refractivity contribution in [2.75, 3.05) is 0 Å². The third kappa shape index (κ3) is 3.32. The Morgan fingerprint density at radius 3 is 2.59 bits per heavy atom. The van der Waals surface area contributed by atoms with Crippen LogP contribution in [0, 0.1) is 6.92 Å². The molecule has 134 valence electrons. The fourth-order valence-corrected chi connectivity index (χ4v) is 3.63. The molecule has 3 aromatic carbocycles. The fraction of sp³-hybridized carbons (Fsp3) is 0.0909. The summed E-state index contributed by atoms with van der Waals surface area (Å²) in [7, 11) is 0. The molecule has 0 aliphatic heterocycles. The SMILES string of the molecule is Cc1ccc(-c2cc(C(=O)O)c3c(c2)ncn3Cc2ccccc2)c(Cl)c1. The van der Waals surface area contributed by atoms with Gasteiger partial charge in [-0.2, -0.15) is 0 Å². The maximum atomic E-state index is 12.0. The predicted molar refractivity (Wildman–Crippen MR) is 107 cm³/mol. The monoisotopic (exact) mass is 376 g/mol.